The van der Waals surface area contributed by atoms with Crippen LogP contribution in [0.5, 0.6) is 0 Å². The Morgan fingerprint density at radius 1 is 1.11 bits per heavy atom. The van der Waals surface area contributed by atoms with E-state index in [1.807, 2.05) is 0 Å². The summed E-state index contributed by atoms with van der Waals surface area (Å²) in [6, 6.07) is 0. The molecule has 0 saturated carbocycles. The molecule has 3 heteroatoms. The predicted octanol–water partition coefficient (Wildman–Crippen LogP) is 5.81. The fourth-order valence-corrected chi connectivity index (χ4v) is 3.25. The van der Waals surface area contributed by atoms with Crippen LogP contribution in [-0.4, -0.2) is 21.6 Å². The zero-order chi connectivity index (χ0) is 15.1. The van der Waals surface area contributed by atoms with Crippen molar-refractivity contribution in [3.05, 3.63) is 11.5 Å². The second-order valence-electron chi connectivity index (χ2n) is 7.04. The molecule has 0 unspecified atom stereocenters. The molecule has 0 aliphatic carbocycles. The molecule has 0 spiro atoms. The molecule has 0 aromatic carbocycles. The highest BCUT2D eigenvalue weighted by atomic mass is 28.4. The summed E-state index contributed by atoms with van der Waals surface area (Å²) >= 11 is 0. The lowest BCUT2D eigenvalue weighted by molar-refractivity contribution is 0.294. The van der Waals surface area contributed by atoms with Gasteiger partial charge in [-0.25, -0.2) is 0 Å². The summed E-state index contributed by atoms with van der Waals surface area (Å²) in [5.74, 6) is 0. The molecule has 0 rings (SSSR count). The number of rotatable bonds is 8. The average Bonchev–Trinajstić information content (AvgIpc) is 2.31. The van der Waals surface area contributed by atoms with Gasteiger partial charge in [-0.05, 0) is 31.0 Å². The molecule has 112 valence electrons. The summed E-state index contributed by atoms with van der Waals surface area (Å²) in [5, 5.41) is 0.319. The van der Waals surface area contributed by atoms with Crippen LogP contribution in [0.3, 0.4) is 0 Å². The van der Waals surface area contributed by atoms with Gasteiger partial charge in [-0.3, -0.25) is 0 Å². The van der Waals surface area contributed by atoms with E-state index in [4.69, 9.17) is 4.43 Å². The first-order valence-corrected chi connectivity index (χ1v) is 10.9. The topological polar surface area (TPSA) is 9.23 Å². The van der Waals surface area contributed by atoms with Gasteiger partial charge in [0.25, 0.3) is 0 Å². The van der Waals surface area contributed by atoms with Gasteiger partial charge in [-0.15, -0.1) is 5.47 Å². The van der Waals surface area contributed by atoms with E-state index in [9.17, 15) is 0 Å². The highest BCUT2D eigenvalue weighted by molar-refractivity contribution is 6.74. The van der Waals surface area contributed by atoms with Crippen molar-refractivity contribution in [2.45, 2.75) is 85.2 Å². The van der Waals surface area contributed by atoms with Crippen molar-refractivity contribution in [1.29, 1.82) is 0 Å². The SMILES string of the molecule is CCB(CC)/C(=C\CCO[Si](C)(C)C(C)(C)C)CC. The second-order valence-corrected chi connectivity index (χ2v) is 11.9. The van der Waals surface area contributed by atoms with Crippen LogP contribution >= 0.6 is 0 Å². The third-order valence-electron chi connectivity index (χ3n) is 4.71. The average molecular weight is 282 g/mol. The summed E-state index contributed by atoms with van der Waals surface area (Å²) in [6.07, 6.45) is 7.22. The van der Waals surface area contributed by atoms with E-state index < -0.39 is 8.32 Å². The van der Waals surface area contributed by atoms with Crippen molar-refractivity contribution in [2.24, 2.45) is 0 Å². The molecule has 0 aliphatic rings. The third-order valence-corrected chi connectivity index (χ3v) is 9.25. The van der Waals surface area contributed by atoms with Crippen LogP contribution < -0.4 is 0 Å². The fourth-order valence-electron chi connectivity index (χ4n) is 2.19. The van der Waals surface area contributed by atoms with E-state index >= 15 is 0 Å². The molecular formula is C16H35BOSi. The summed E-state index contributed by atoms with van der Waals surface area (Å²) in [5.41, 5.74) is 1.63. The van der Waals surface area contributed by atoms with Crippen molar-refractivity contribution in [2.75, 3.05) is 6.61 Å². The Bertz CT molecular complexity index is 275. The molecule has 0 heterocycles. The minimum absolute atomic E-state index is 0.319. The van der Waals surface area contributed by atoms with Crippen LogP contribution in [0, 0.1) is 0 Å². The van der Waals surface area contributed by atoms with Crippen LogP contribution in [-0.2, 0) is 4.43 Å². The first-order chi connectivity index (χ1) is 8.69. The molecule has 0 atom stereocenters. The Hall–Kier alpha value is -0.0182. The second kappa shape index (κ2) is 8.31. The molecule has 0 aromatic rings. The van der Waals surface area contributed by atoms with Gasteiger partial charge in [-0.1, -0.05) is 60.3 Å². The quantitative estimate of drug-likeness (QED) is 0.403. The van der Waals surface area contributed by atoms with E-state index in [1.54, 1.807) is 5.47 Å². The minimum atomic E-state index is -1.56. The van der Waals surface area contributed by atoms with Gasteiger partial charge in [0.2, 0.25) is 0 Å². The zero-order valence-electron chi connectivity index (χ0n) is 14.6. The van der Waals surface area contributed by atoms with Crippen molar-refractivity contribution in [1.82, 2.24) is 0 Å². The van der Waals surface area contributed by atoms with E-state index in [0.29, 0.717) is 5.04 Å². The molecule has 1 nitrogen and oxygen atoms in total. The smallest absolute Gasteiger partial charge is 0.191 e. The molecule has 19 heavy (non-hydrogen) atoms. The van der Waals surface area contributed by atoms with Gasteiger partial charge in [0, 0.05) is 6.61 Å². The molecule has 0 fully saturated rings. The molecule has 0 aliphatic heterocycles. The van der Waals surface area contributed by atoms with E-state index in [2.05, 4.69) is 60.7 Å². The Morgan fingerprint density at radius 3 is 2.00 bits per heavy atom. The lowest BCUT2D eigenvalue weighted by Crippen LogP contribution is -2.40. The molecule has 0 saturated heterocycles. The lowest BCUT2D eigenvalue weighted by atomic mass is 9.40. The number of allylic oxidation sites excluding steroid dienone is 1. The molecule has 0 aromatic heterocycles. The zero-order valence-corrected chi connectivity index (χ0v) is 15.6. The molecular weight excluding hydrogens is 247 g/mol. The van der Waals surface area contributed by atoms with Crippen molar-refractivity contribution < 1.29 is 4.43 Å². The monoisotopic (exact) mass is 282 g/mol. The van der Waals surface area contributed by atoms with Crippen molar-refractivity contribution >= 4 is 15.0 Å². The van der Waals surface area contributed by atoms with Gasteiger partial charge in [0.15, 0.2) is 15.0 Å². The number of hydrogen-bond donors (Lipinski definition) is 0. The lowest BCUT2D eigenvalue weighted by Gasteiger charge is -2.36. The van der Waals surface area contributed by atoms with Crippen LogP contribution in [0.15, 0.2) is 11.5 Å². The molecule has 0 radical (unpaired) electrons. The van der Waals surface area contributed by atoms with Crippen LogP contribution in [0.2, 0.25) is 30.8 Å². The summed E-state index contributed by atoms with van der Waals surface area (Å²) in [6.45, 7) is 20.1. The fraction of sp³-hybridized carbons (Fsp3) is 0.875. The van der Waals surface area contributed by atoms with Gasteiger partial charge in [-0.2, -0.15) is 0 Å². The first kappa shape index (κ1) is 19.0. The third kappa shape index (κ3) is 6.31. The van der Waals surface area contributed by atoms with E-state index in [-0.39, 0.29) is 0 Å². The largest absolute Gasteiger partial charge is 0.417 e. The maximum atomic E-state index is 6.23. The van der Waals surface area contributed by atoms with Gasteiger partial charge in [0.1, 0.15) is 0 Å². The van der Waals surface area contributed by atoms with Crippen LogP contribution in [0.1, 0.15) is 54.4 Å². The minimum Gasteiger partial charge on any atom is -0.417 e. The van der Waals surface area contributed by atoms with Gasteiger partial charge >= 0.3 is 0 Å². The predicted molar refractivity (Wildman–Crippen MR) is 92.9 cm³/mol. The Kier molecular flexibility index (Phi) is 8.30. The van der Waals surface area contributed by atoms with Crippen molar-refractivity contribution in [3.63, 3.8) is 0 Å². The molecule has 0 N–H and O–H groups in total. The Balaban J connectivity index is 4.34. The standard InChI is InChI=1S/C16H35BOSi/c1-9-15(17(10-2)11-3)13-12-14-18-19(7,8)16(4,5)6/h13H,9-12,14H2,1-8H3/b15-13-. The Labute approximate surface area is 123 Å². The summed E-state index contributed by atoms with van der Waals surface area (Å²) in [4.78, 5) is 0. The summed E-state index contributed by atoms with van der Waals surface area (Å²) < 4.78 is 6.23. The highest BCUT2D eigenvalue weighted by Crippen LogP contribution is 2.36. The van der Waals surface area contributed by atoms with Gasteiger partial charge in [0.05, 0.1) is 0 Å². The van der Waals surface area contributed by atoms with Gasteiger partial charge < -0.3 is 4.43 Å². The normalized spacial score (nSPS) is 13.8. The van der Waals surface area contributed by atoms with Crippen LogP contribution in [0.4, 0.5) is 0 Å². The molecule has 0 amide bonds. The number of hydrogen-bond acceptors (Lipinski definition) is 1. The highest BCUT2D eigenvalue weighted by Gasteiger charge is 2.36. The maximum absolute atomic E-state index is 6.23. The van der Waals surface area contributed by atoms with E-state index in [0.717, 1.165) is 19.7 Å². The first-order valence-electron chi connectivity index (χ1n) is 8.02. The summed E-state index contributed by atoms with van der Waals surface area (Å²) in [7, 11) is -1.56. The van der Waals surface area contributed by atoms with Crippen molar-refractivity contribution in [3.8, 4) is 0 Å². The maximum Gasteiger partial charge on any atom is 0.191 e. The van der Waals surface area contributed by atoms with E-state index in [1.165, 1.54) is 19.1 Å². The van der Waals surface area contributed by atoms with Crippen LogP contribution in [0.25, 0.3) is 0 Å². The molecule has 0 bridgehead atoms. The Morgan fingerprint density at radius 2 is 1.63 bits per heavy atom.